The number of benzene rings is 2. The van der Waals surface area contributed by atoms with Gasteiger partial charge in [0.2, 0.25) is 0 Å². The molecule has 5 heteroatoms. The number of halogens is 1. The van der Waals surface area contributed by atoms with E-state index in [9.17, 15) is 4.79 Å². The summed E-state index contributed by atoms with van der Waals surface area (Å²) >= 11 is 3.35. The van der Waals surface area contributed by atoms with E-state index in [-0.39, 0.29) is 12.6 Å². The zero-order chi connectivity index (χ0) is 15.8. The highest BCUT2D eigenvalue weighted by Gasteiger charge is 2.06. The van der Waals surface area contributed by atoms with E-state index in [0.29, 0.717) is 18.8 Å². The van der Waals surface area contributed by atoms with Crippen molar-refractivity contribution in [3.63, 3.8) is 0 Å². The summed E-state index contributed by atoms with van der Waals surface area (Å²) in [5.74, 6) is 0.381. The lowest BCUT2D eigenvalue weighted by Crippen LogP contribution is -2.12. The highest BCUT2D eigenvalue weighted by atomic mass is 79.9. The predicted molar refractivity (Wildman–Crippen MR) is 87.1 cm³/mol. The molecule has 116 valence electrons. The fourth-order valence-corrected chi connectivity index (χ4v) is 2.08. The first kappa shape index (κ1) is 16.5. The quantitative estimate of drug-likeness (QED) is 0.553. The molecule has 0 saturated carbocycles. The molecule has 0 atom stereocenters. The molecule has 0 amide bonds. The summed E-state index contributed by atoms with van der Waals surface area (Å²) in [6.45, 7) is 1.04. The lowest BCUT2D eigenvalue weighted by atomic mass is 10.1. The summed E-state index contributed by atoms with van der Waals surface area (Å²) in [6.07, 6.45) is 0. The Labute approximate surface area is 138 Å². The van der Waals surface area contributed by atoms with E-state index in [1.807, 2.05) is 36.4 Å². The van der Waals surface area contributed by atoms with Gasteiger partial charge in [-0.1, -0.05) is 28.1 Å². The van der Waals surface area contributed by atoms with E-state index in [0.717, 1.165) is 15.8 Å². The van der Waals surface area contributed by atoms with Crippen molar-refractivity contribution in [3.8, 4) is 5.75 Å². The molecule has 0 radical (unpaired) electrons. The molecule has 0 spiro atoms. The number of methoxy groups -OCH3 is 1. The Morgan fingerprint density at radius 1 is 1.00 bits per heavy atom. The first-order valence-corrected chi connectivity index (χ1v) is 7.61. The van der Waals surface area contributed by atoms with Crippen LogP contribution in [0.2, 0.25) is 0 Å². The van der Waals surface area contributed by atoms with Gasteiger partial charge in [0.1, 0.15) is 19.0 Å². The summed E-state index contributed by atoms with van der Waals surface area (Å²) in [6, 6.07) is 14.6. The van der Waals surface area contributed by atoms with Gasteiger partial charge in [0.15, 0.2) is 0 Å². The molecule has 0 heterocycles. The Balaban J connectivity index is 1.74. The second kappa shape index (κ2) is 8.56. The average molecular weight is 365 g/mol. The van der Waals surface area contributed by atoms with E-state index in [1.165, 1.54) is 0 Å². The maximum atomic E-state index is 11.9. The van der Waals surface area contributed by atoms with Crippen molar-refractivity contribution in [1.82, 2.24) is 0 Å². The molecule has 4 nitrogen and oxygen atoms in total. The van der Waals surface area contributed by atoms with Crippen LogP contribution in [-0.4, -0.2) is 26.3 Å². The highest BCUT2D eigenvalue weighted by molar-refractivity contribution is 9.10. The summed E-state index contributed by atoms with van der Waals surface area (Å²) < 4.78 is 16.7. The van der Waals surface area contributed by atoms with Gasteiger partial charge in [0, 0.05) is 11.6 Å². The number of rotatable bonds is 7. The minimum atomic E-state index is -0.358. The number of hydrogen-bond donors (Lipinski definition) is 0. The average Bonchev–Trinajstić information content (AvgIpc) is 2.54. The van der Waals surface area contributed by atoms with Crippen LogP contribution >= 0.6 is 15.9 Å². The Kier molecular flexibility index (Phi) is 6.43. The Hall–Kier alpha value is -1.85. The highest BCUT2D eigenvalue weighted by Crippen LogP contribution is 2.16. The summed E-state index contributed by atoms with van der Waals surface area (Å²) in [5, 5.41) is 0. The summed E-state index contributed by atoms with van der Waals surface area (Å²) in [7, 11) is 1.63. The van der Waals surface area contributed by atoms with Crippen molar-refractivity contribution in [3.05, 3.63) is 64.1 Å². The number of ether oxygens (including phenoxy) is 3. The number of carbonyl (C=O) groups is 1. The fraction of sp³-hybridized carbons (Fsp3) is 0.235. The SMILES string of the molecule is COCc1ccc(C(=O)OCCOc2ccc(Br)cc2)cc1. The largest absolute Gasteiger partial charge is 0.490 e. The van der Waals surface area contributed by atoms with Crippen LogP contribution < -0.4 is 4.74 Å². The van der Waals surface area contributed by atoms with E-state index >= 15 is 0 Å². The molecule has 0 bridgehead atoms. The van der Waals surface area contributed by atoms with E-state index < -0.39 is 0 Å². The second-order valence-corrected chi connectivity index (χ2v) is 5.48. The molecule has 0 aliphatic heterocycles. The standard InChI is InChI=1S/C17H17BrO4/c1-20-12-13-2-4-14(5-3-13)17(19)22-11-10-21-16-8-6-15(18)7-9-16/h2-9H,10-12H2,1H3. The fourth-order valence-electron chi connectivity index (χ4n) is 1.81. The molecule has 0 aliphatic rings. The van der Waals surface area contributed by atoms with Gasteiger partial charge in [-0.2, -0.15) is 0 Å². The third kappa shape index (κ3) is 5.16. The van der Waals surface area contributed by atoms with Crippen LogP contribution in [0.1, 0.15) is 15.9 Å². The van der Waals surface area contributed by atoms with Crippen molar-refractivity contribution >= 4 is 21.9 Å². The molecule has 0 saturated heterocycles. The molecule has 22 heavy (non-hydrogen) atoms. The maximum absolute atomic E-state index is 11.9. The van der Waals surface area contributed by atoms with Crippen LogP contribution in [0.15, 0.2) is 53.0 Å². The van der Waals surface area contributed by atoms with Gasteiger partial charge in [0.25, 0.3) is 0 Å². The van der Waals surface area contributed by atoms with Gasteiger partial charge in [-0.25, -0.2) is 4.79 Å². The van der Waals surface area contributed by atoms with Crippen molar-refractivity contribution in [2.75, 3.05) is 20.3 Å². The van der Waals surface area contributed by atoms with Crippen LogP contribution in [0.3, 0.4) is 0 Å². The first-order valence-electron chi connectivity index (χ1n) is 6.82. The summed E-state index contributed by atoms with van der Waals surface area (Å²) in [5.41, 5.74) is 1.53. The van der Waals surface area contributed by atoms with E-state index in [2.05, 4.69) is 15.9 Å². The monoisotopic (exact) mass is 364 g/mol. The normalized spacial score (nSPS) is 10.3. The Bertz CT molecular complexity index is 593. The third-order valence-corrected chi connectivity index (χ3v) is 3.43. The molecule has 2 aromatic carbocycles. The van der Waals surface area contributed by atoms with Crippen molar-refractivity contribution in [2.24, 2.45) is 0 Å². The zero-order valence-electron chi connectivity index (χ0n) is 12.3. The minimum Gasteiger partial charge on any atom is -0.490 e. The number of carbonyl (C=O) groups excluding carboxylic acids is 1. The van der Waals surface area contributed by atoms with Gasteiger partial charge in [0.05, 0.1) is 12.2 Å². The molecule has 0 aromatic heterocycles. The smallest absolute Gasteiger partial charge is 0.338 e. The van der Waals surface area contributed by atoms with E-state index in [4.69, 9.17) is 14.2 Å². The van der Waals surface area contributed by atoms with Gasteiger partial charge < -0.3 is 14.2 Å². The van der Waals surface area contributed by atoms with Crippen LogP contribution in [0, 0.1) is 0 Å². The van der Waals surface area contributed by atoms with Gasteiger partial charge >= 0.3 is 5.97 Å². The summed E-state index contributed by atoms with van der Waals surface area (Å²) in [4.78, 5) is 11.9. The second-order valence-electron chi connectivity index (χ2n) is 4.57. The van der Waals surface area contributed by atoms with Crippen molar-refractivity contribution in [2.45, 2.75) is 6.61 Å². The number of hydrogen-bond acceptors (Lipinski definition) is 4. The molecule has 0 N–H and O–H groups in total. The molecule has 0 unspecified atom stereocenters. The molecular formula is C17H17BrO4. The molecule has 0 aliphatic carbocycles. The van der Waals surface area contributed by atoms with Gasteiger partial charge in [-0.15, -0.1) is 0 Å². The van der Waals surface area contributed by atoms with Gasteiger partial charge in [-0.05, 0) is 42.0 Å². The molecular weight excluding hydrogens is 348 g/mol. The van der Waals surface area contributed by atoms with Crippen LogP contribution in [-0.2, 0) is 16.1 Å². The van der Waals surface area contributed by atoms with Crippen LogP contribution in [0.5, 0.6) is 5.75 Å². The maximum Gasteiger partial charge on any atom is 0.338 e. The number of esters is 1. The Morgan fingerprint density at radius 2 is 1.68 bits per heavy atom. The molecule has 0 fully saturated rings. The van der Waals surface area contributed by atoms with Crippen LogP contribution in [0.25, 0.3) is 0 Å². The Morgan fingerprint density at radius 3 is 2.32 bits per heavy atom. The molecule has 2 rings (SSSR count). The van der Waals surface area contributed by atoms with Crippen molar-refractivity contribution < 1.29 is 19.0 Å². The zero-order valence-corrected chi connectivity index (χ0v) is 13.8. The predicted octanol–water partition coefficient (Wildman–Crippen LogP) is 3.83. The van der Waals surface area contributed by atoms with E-state index in [1.54, 1.807) is 19.2 Å². The van der Waals surface area contributed by atoms with Gasteiger partial charge in [-0.3, -0.25) is 0 Å². The lowest BCUT2D eigenvalue weighted by Gasteiger charge is -2.08. The minimum absolute atomic E-state index is 0.203. The van der Waals surface area contributed by atoms with Crippen molar-refractivity contribution in [1.29, 1.82) is 0 Å². The molecule has 2 aromatic rings. The first-order chi connectivity index (χ1) is 10.7. The third-order valence-electron chi connectivity index (χ3n) is 2.90. The van der Waals surface area contributed by atoms with Crippen LogP contribution in [0.4, 0.5) is 0 Å². The lowest BCUT2D eigenvalue weighted by molar-refractivity contribution is 0.0450. The topological polar surface area (TPSA) is 44.8 Å².